The minimum atomic E-state index is -3.86. The summed E-state index contributed by atoms with van der Waals surface area (Å²) in [5.74, 6) is -0.900. The second kappa shape index (κ2) is 9.42. The van der Waals surface area contributed by atoms with E-state index in [0.29, 0.717) is 12.8 Å². The SMILES string of the molecule is COC(=O)c1ccccc1S(=O)(=O)N1CCC(C(=O)NC2CCc3ccccc3C2)CC1. The Morgan fingerprint density at radius 1 is 0.969 bits per heavy atom. The molecule has 1 heterocycles. The number of benzene rings is 2. The lowest BCUT2D eigenvalue weighted by Crippen LogP contribution is -2.46. The number of ether oxygens (including phenoxy) is 1. The van der Waals surface area contributed by atoms with Gasteiger partial charge >= 0.3 is 5.97 Å². The Balaban J connectivity index is 1.37. The molecule has 4 rings (SSSR count). The Bertz CT molecular complexity index is 1110. The van der Waals surface area contributed by atoms with Crippen molar-refractivity contribution < 1.29 is 22.7 Å². The summed E-state index contributed by atoms with van der Waals surface area (Å²) < 4.78 is 32.4. The van der Waals surface area contributed by atoms with Crippen molar-refractivity contribution in [1.29, 1.82) is 0 Å². The molecule has 2 aromatic rings. The number of sulfonamides is 1. The number of hydrogen-bond donors (Lipinski definition) is 1. The zero-order chi connectivity index (χ0) is 22.7. The summed E-state index contributed by atoms with van der Waals surface area (Å²) >= 11 is 0. The molecule has 1 aliphatic carbocycles. The molecule has 1 N–H and O–H groups in total. The molecule has 0 radical (unpaired) electrons. The highest BCUT2D eigenvalue weighted by molar-refractivity contribution is 7.89. The van der Waals surface area contributed by atoms with Crippen LogP contribution < -0.4 is 5.32 Å². The minimum Gasteiger partial charge on any atom is -0.465 e. The molecule has 0 saturated carbocycles. The average molecular weight is 457 g/mol. The highest BCUT2D eigenvalue weighted by atomic mass is 32.2. The Morgan fingerprint density at radius 3 is 2.34 bits per heavy atom. The summed E-state index contributed by atoms with van der Waals surface area (Å²) in [6.07, 6.45) is 3.61. The molecule has 7 nitrogen and oxygen atoms in total. The molecule has 0 bridgehead atoms. The third kappa shape index (κ3) is 4.56. The number of aryl methyl sites for hydroxylation is 1. The van der Waals surface area contributed by atoms with Crippen molar-refractivity contribution in [2.45, 2.75) is 43.0 Å². The van der Waals surface area contributed by atoms with E-state index in [1.54, 1.807) is 12.1 Å². The number of piperidine rings is 1. The standard InChI is InChI=1S/C24H28N2O5S/c1-31-24(28)21-8-4-5-9-22(21)32(29,30)26-14-12-18(13-15-26)23(27)25-20-11-10-17-6-2-3-7-19(17)16-20/h2-9,18,20H,10-16H2,1H3,(H,25,27). The van der Waals surface area contributed by atoms with Gasteiger partial charge in [-0.15, -0.1) is 0 Å². The molecule has 0 aromatic heterocycles. The molecule has 1 unspecified atom stereocenters. The largest absolute Gasteiger partial charge is 0.465 e. The van der Waals surface area contributed by atoms with Crippen molar-refractivity contribution >= 4 is 21.9 Å². The predicted octanol–water partition coefficient (Wildman–Crippen LogP) is 2.55. The smallest absolute Gasteiger partial charge is 0.339 e. The van der Waals surface area contributed by atoms with Crippen LogP contribution in [0.3, 0.4) is 0 Å². The Morgan fingerprint density at radius 2 is 1.62 bits per heavy atom. The highest BCUT2D eigenvalue weighted by Crippen LogP contribution is 2.27. The second-order valence-corrected chi connectivity index (χ2v) is 10.3. The number of amides is 1. The molecule has 8 heteroatoms. The van der Waals surface area contributed by atoms with Gasteiger partial charge in [0.1, 0.15) is 0 Å². The summed E-state index contributed by atoms with van der Waals surface area (Å²) in [7, 11) is -2.63. The van der Waals surface area contributed by atoms with Gasteiger partial charge in [-0.2, -0.15) is 4.31 Å². The van der Waals surface area contributed by atoms with E-state index < -0.39 is 16.0 Å². The number of fused-ring (bicyclic) bond motifs is 1. The highest BCUT2D eigenvalue weighted by Gasteiger charge is 2.35. The van der Waals surface area contributed by atoms with E-state index in [9.17, 15) is 18.0 Å². The van der Waals surface area contributed by atoms with Crippen LogP contribution >= 0.6 is 0 Å². The van der Waals surface area contributed by atoms with Crippen molar-refractivity contribution in [2.24, 2.45) is 5.92 Å². The van der Waals surface area contributed by atoms with Gasteiger partial charge in [0, 0.05) is 25.0 Å². The quantitative estimate of drug-likeness (QED) is 0.698. The molecule has 32 heavy (non-hydrogen) atoms. The maximum absolute atomic E-state index is 13.2. The van der Waals surface area contributed by atoms with Crippen LogP contribution in [0.5, 0.6) is 0 Å². The zero-order valence-electron chi connectivity index (χ0n) is 18.1. The molecule has 2 aromatic carbocycles. The van der Waals surface area contributed by atoms with Crippen LogP contribution in [0.15, 0.2) is 53.4 Å². The Hall–Kier alpha value is -2.71. The van der Waals surface area contributed by atoms with Crippen LogP contribution in [0.4, 0.5) is 0 Å². The van der Waals surface area contributed by atoms with E-state index in [1.165, 1.54) is 34.7 Å². The third-order valence-corrected chi connectivity index (χ3v) is 8.38. The van der Waals surface area contributed by atoms with E-state index in [4.69, 9.17) is 4.74 Å². The fraction of sp³-hybridized carbons (Fsp3) is 0.417. The zero-order valence-corrected chi connectivity index (χ0v) is 18.9. The number of rotatable bonds is 5. The van der Waals surface area contributed by atoms with Crippen molar-refractivity contribution in [1.82, 2.24) is 9.62 Å². The fourth-order valence-electron chi connectivity index (χ4n) is 4.61. The number of carbonyl (C=O) groups excluding carboxylic acids is 2. The fourth-order valence-corrected chi connectivity index (χ4v) is 6.26. The number of nitrogens with zero attached hydrogens (tertiary/aromatic N) is 1. The Kier molecular flexibility index (Phi) is 6.62. The summed E-state index contributed by atoms with van der Waals surface area (Å²) in [5, 5.41) is 3.18. The average Bonchev–Trinajstić information content (AvgIpc) is 2.83. The van der Waals surface area contributed by atoms with Gasteiger partial charge in [-0.05, 0) is 55.4 Å². The first kappa shape index (κ1) is 22.5. The summed E-state index contributed by atoms with van der Waals surface area (Å²) in [4.78, 5) is 24.8. The van der Waals surface area contributed by atoms with Crippen LogP contribution in [-0.2, 0) is 32.4 Å². The number of esters is 1. The van der Waals surface area contributed by atoms with Gasteiger partial charge in [0.15, 0.2) is 0 Å². The monoisotopic (exact) mass is 456 g/mol. The summed E-state index contributed by atoms with van der Waals surface area (Å²) in [5.41, 5.74) is 2.66. The molecule has 2 aliphatic rings. The normalized spacial score (nSPS) is 19.7. The van der Waals surface area contributed by atoms with Gasteiger partial charge in [-0.3, -0.25) is 4.79 Å². The van der Waals surface area contributed by atoms with Crippen LogP contribution in [0.2, 0.25) is 0 Å². The number of nitrogens with one attached hydrogen (secondary N) is 1. The van der Waals surface area contributed by atoms with Crippen LogP contribution in [0.25, 0.3) is 0 Å². The summed E-state index contributed by atoms with van der Waals surface area (Å²) in [6.45, 7) is 0.479. The van der Waals surface area contributed by atoms with Crippen LogP contribution in [-0.4, -0.2) is 50.8 Å². The molecular formula is C24H28N2O5S. The second-order valence-electron chi connectivity index (χ2n) is 8.38. The first-order valence-electron chi connectivity index (χ1n) is 10.9. The first-order valence-corrected chi connectivity index (χ1v) is 12.4. The van der Waals surface area contributed by atoms with Crippen LogP contribution in [0.1, 0.15) is 40.7 Å². The summed E-state index contributed by atoms with van der Waals surface area (Å²) in [6, 6.07) is 14.5. The number of carbonyl (C=O) groups is 2. The molecular weight excluding hydrogens is 428 g/mol. The first-order chi connectivity index (χ1) is 15.4. The van der Waals surface area contributed by atoms with Gasteiger partial charge in [0.05, 0.1) is 17.6 Å². The van der Waals surface area contributed by atoms with Crippen LogP contribution in [0, 0.1) is 5.92 Å². The Labute approximate surface area is 188 Å². The maximum Gasteiger partial charge on any atom is 0.339 e. The maximum atomic E-state index is 13.2. The van der Waals surface area contributed by atoms with Crippen molar-refractivity contribution in [3.05, 3.63) is 65.2 Å². The van der Waals surface area contributed by atoms with Crippen molar-refractivity contribution in [3.8, 4) is 0 Å². The van der Waals surface area contributed by atoms with Gasteiger partial charge in [0.2, 0.25) is 15.9 Å². The van der Waals surface area contributed by atoms with Gasteiger partial charge in [0.25, 0.3) is 0 Å². The molecule has 1 amide bonds. The topological polar surface area (TPSA) is 92.8 Å². The van der Waals surface area contributed by atoms with E-state index in [1.807, 2.05) is 12.1 Å². The lowest BCUT2D eigenvalue weighted by atomic mass is 9.87. The van der Waals surface area contributed by atoms with Crippen molar-refractivity contribution in [2.75, 3.05) is 20.2 Å². The molecule has 1 saturated heterocycles. The lowest BCUT2D eigenvalue weighted by molar-refractivity contribution is -0.126. The molecule has 1 aliphatic heterocycles. The molecule has 1 atom stereocenters. The van der Waals surface area contributed by atoms with E-state index >= 15 is 0 Å². The number of hydrogen-bond acceptors (Lipinski definition) is 5. The van der Waals surface area contributed by atoms with E-state index in [2.05, 4.69) is 17.4 Å². The molecule has 0 spiro atoms. The molecule has 170 valence electrons. The van der Waals surface area contributed by atoms with Crippen molar-refractivity contribution in [3.63, 3.8) is 0 Å². The predicted molar refractivity (Wildman–Crippen MR) is 120 cm³/mol. The van der Waals surface area contributed by atoms with E-state index in [-0.39, 0.29) is 41.4 Å². The van der Waals surface area contributed by atoms with Gasteiger partial charge in [-0.1, -0.05) is 36.4 Å². The lowest BCUT2D eigenvalue weighted by Gasteiger charge is -2.32. The van der Waals surface area contributed by atoms with Gasteiger partial charge in [-0.25, -0.2) is 13.2 Å². The minimum absolute atomic E-state index is 0.00129. The van der Waals surface area contributed by atoms with Gasteiger partial charge < -0.3 is 10.1 Å². The molecule has 1 fully saturated rings. The third-order valence-electron chi connectivity index (χ3n) is 6.43. The van der Waals surface area contributed by atoms with E-state index in [0.717, 1.165) is 19.3 Å². The number of methoxy groups -OCH3 is 1.